The lowest BCUT2D eigenvalue weighted by Crippen LogP contribution is -2.24. The predicted octanol–water partition coefficient (Wildman–Crippen LogP) is 5.91. The van der Waals surface area contributed by atoms with Crippen molar-refractivity contribution in [3.05, 3.63) is 47.9 Å². The summed E-state index contributed by atoms with van der Waals surface area (Å²) in [4.78, 5) is 20.8. The number of carbonyl (C=O) groups is 1. The van der Waals surface area contributed by atoms with Gasteiger partial charge in [0.05, 0.1) is 17.8 Å². The van der Waals surface area contributed by atoms with Crippen molar-refractivity contribution >= 4 is 22.8 Å². The molecule has 2 saturated carbocycles. The average Bonchev–Trinajstić information content (AvgIpc) is 3.18. The number of nitrogens with two attached hydrogens (primary N) is 1. The molecule has 4 atom stereocenters. The molecule has 2 heterocycles. The zero-order chi connectivity index (χ0) is 25.1. The largest absolute Gasteiger partial charge is 0.508 e. The summed E-state index contributed by atoms with van der Waals surface area (Å²) >= 11 is 0. The topological polar surface area (TPSA) is 114 Å². The van der Waals surface area contributed by atoms with E-state index in [9.17, 15) is 15.0 Å². The highest BCUT2D eigenvalue weighted by Crippen LogP contribution is 2.36. The second-order valence-corrected chi connectivity index (χ2v) is 11.0. The van der Waals surface area contributed by atoms with Crippen molar-refractivity contribution in [2.45, 2.75) is 83.1 Å². The van der Waals surface area contributed by atoms with Crippen LogP contribution in [0.3, 0.4) is 0 Å². The van der Waals surface area contributed by atoms with E-state index in [1.54, 1.807) is 12.1 Å². The van der Waals surface area contributed by atoms with E-state index >= 15 is 0 Å². The van der Waals surface area contributed by atoms with Crippen LogP contribution >= 0.6 is 0 Å². The molecule has 5 rings (SSSR count). The van der Waals surface area contributed by atoms with Crippen molar-refractivity contribution in [3.63, 3.8) is 0 Å². The number of carboxylic acids is 1. The molecule has 0 saturated heterocycles. The van der Waals surface area contributed by atoms with Crippen LogP contribution in [0.5, 0.6) is 5.75 Å². The number of hydrogen-bond donors (Lipinski definition) is 3. The molecular weight excluding hydrogens is 452 g/mol. The fourth-order valence-electron chi connectivity index (χ4n) is 6.42. The van der Waals surface area contributed by atoms with Crippen molar-refractivity contribution in [1.29, 1.82) is 0 Å². The highest BCUT2D eigenvalue weighted by molar-refractivity contribution is 5.85. The van der Waals surface area contributed by atoms with Gasteiger partial charge in [0.1, 0.15) is 11.3 Å². The molecule has 36 heavy (non-hydrogen) atoms. The number of phenols is 1. The van der Waals surface area contributed by atoms with Gasteiger partial charge >= 0.3 is 5.97 Å². The Kier molecular flexibility index (Phi) is 7.44. The average molecular weight is 491 g/mol. The van der Waals surface area contributed by atoms with E-state index in [0.717, 1.165) is 54.7 Å². The number of phenolic OH excluding ortho intramolecular Hbond substituents is 1. The van der Waals surface area contributed by atoms with Crippen LogP contribution in [0.15, 0.2) is 36.7 Å². The highest BCUT2D eigenvalue weighted by Gasteiger charge is 2.29. The highest BCUT2D eigenvalue weighted by atomic mass is 16.4. The molecule has 0 aliphatic heterocycles. The third kappa shape index (κ3) is 5.66. The van der Waals surface area contributed by atoms with Crippen LogP contribution in [0.2, 0.25) is 0 Å². The van der Waals surface area contributed by atoms with Gasteiger partial charge in [0.2, 0.25) is 0 Å². The molecule has 3 aromatic rings. The van der Waals surface area contributed by atoms with E-state index < -0.39 is 5.97 Å². The molecule has 7 heteroatoms. The quantitative estimate of drug-likeness (QED) is 0.355. The van der Waals surface area contributed by atoms with Gasteiger partial charge in [-0.3, -0.25) is 4.79 Å². The number of aromatic hydroxyl groups is 1. The number of nitrogen functional groups attached to an aromatic ring is 1. The molecule has 2 aromatic heterocycles. The van der Waals surface area contributed by atoms with E-state index in [2.05, 4.69) is 15.6 Å². The second kappa shape index (κ2) is 10.9. The SMILES string of the molecule is Nc1nc(CC2CCCC(CCc3ccc(O)cc3)CC2)cc2c1ncn2C1CCCC(C(=O)O)C1. The van der Waals surface area contributed by atoms with Gasteiger partial charge in [0.25, 0.3) is 0 Å². The Morgan fingerprint density at radius 2 is 1.78 bits per heavy atom. The molecule has 2 aliphatic rings. The molecule has 7 nitrogen and oxygen atoms in total. The third-order valence-corrected chi connectivity index (χ3v) is 8.51. The summed E-state index contributed by atoms with van der Waals surface area (Å²) < 4.78 is 2.15. The summed E-state index contributed by atoms with van der Waals surface area (Å²) in [6.07, 6.45) is 14.5. The van der Waals surface area contributed by atoms with Gasteiger partial charge in [-0.2, -0.15) is 0 Å². The standard InChI is InChI=1S/C29H38N4O3/c30-28-27-26(33(18-31-27)24-6-2-5-22(16-24)29(35)36)17-23(32-28)15-21-4-1-3-19(9-10-21)7-8-20-11-13-25(34)14-12-20/h11-14,17-19,21-22,24,34H,1-10,15-16H2,(H2,30,32)(H,35,36). The monoisotopic (exact) mass is 490 g/mol. The van der Waals surface area contributed by atoms with E-state index in [4.69, 9.17) is 10.7 Å². The number of nitrogens with zero attached hydrogens (tertiary/aromatic N) is 3. The van der Waals surface area contributed by atoms with E-state index in [-0.39, 0.29) is 12.0 Å². The molecule has 2 fully saturated rings. The summed E-state index contributed by atoms with van der Waals surface area (Å²) in [6.45, 7) is 0. The van der Waals surface area contributed by atoms with Gasteiger partial charge in [-0.15, -0.1) is 0 Å². The Morgan fingerprint density at radius 3 is 2.58 bits per heavy atom. The number of benzene rings is 1. The van der Waals surface area contributed by atoms with Crippen LogP contribution in [-0.4, -0.2) is 30.7 Å². The van der Waals surface area contributed by atoms with Crippen molar-refractivity contribution < 1.29 is 15.0 Å². The van der Waals surface area contributed by atoms with Crippen molar-refractivity contribution in [3.8, 4) is 5.75 Å². The Morgan fingerprint density at radius 1 is 1.03 bits per heavy atom. The van der Waals surface area contributed by atoms with Crippen LogP contribution in [0.1, 0.15) is 81.5 Å². The van der Waals surface area contributed by atoms with E-state index in [0.29, 0.717) is 23.9 Å². The lowest BCUT2D eigenvalue weighted by Gasteiger charge is -2.28. The first-order valence-corrected chi connectivity index (χ1v) is 13.6. The van der Waals surface area contributed by atoms with Crippen LogP contribution < -0.4 is 5.73 Å². The Labute approximate surface area is 212 Å². The van der Waals surface area contributed by atoms with E-state index in [1.165, 1.54) is 44.1 Å². The molecular formula is C29H38N4O3. The van der Waals surface area contributed by atoms with Crippen molar-refractivity contribution in [1.82, 2.24) is 14.5 Å². The molecule has 4 N–H and O–H groups in total. The maximum Gasteiger partial charge on any atom is 0.306 e. The maximum absolute atomic E-state index is 11.6. The number of aryl methyl sites for hydroxylation is 1. The normalized spacial score (nSPS) is 25.0. The van der Waals surface area contributed by atoms with Gasteiger partial charge in [0.15, 0.2) is 5.82 Å². The first kappa shape index (κ1) is 24.6. The summed E-state index contributed by atoms with van der Waals surface area (Å²) in [5.74, 6) is 1.19. The summed E-state index contributed by atoms with van der Waals surface area (Å²) in [6, 6.07) is 9.90. The zero-order valence-electron chi connectivity index (χ0n) is 21.0. The first-order chi connectivity index (χ1) is 17.5. The van der Waals surface area contributed by atoms with E-state index in [1.807, 2.05) is 18.5 Å². The molecule has 0 spiro atoms. The van der Waals surface area contributed by atoms with Crippen molar-refractivity contribution in [2.24, 2.45) is 17.8 Å². The van der Waals surface area contributed by atoms with Crippen LogP contribution in [0.25, 0.3) is 11.0 Å². The minimum Gasteiger partial charge on any atom is -0.508 e. The number of rotatable bonds is 7. The van der Waals surface area contributed by atoms with Gasteiger partial charge < -0.3 is 20.5 Å². The van der Waals surface area contributed by atoms with Gasteiger partial charge in [0, 0.05) is 11.7 Å². The predicted molar refractivity (Wildman–Crippen MR) is 141 cm³/mol. The van der Waals surface area contributed by atoms with Crippen LogP contribution in [0, 0.1) is 17.8 Å². The molecule has 4 unspecified atom stereocenters. The summed E-state index contributed by atoms with van der Waals surface area (Å²) in [5, 5.41) is 19.0. The molecule has 1 aromatic carbocycles. The summed E-state index contributed by atoms with van der Waals surface area (Å²) in [5.41, 5.74) is 10.4. The lowest BCUT2D eigenvalue weighted by molar-refractivity contribution is -0.143. The van der Waals surface area contributed by atoms with Crippen molar-refractivity contribution in [2.75, 3.05) is 5.73 Å². The second-order valence-electron chi connectivity index (χ2n) is 11.0. The van der Waals surface area contributed by atoms with Crippen LogP contribution in [-0.2, 0) is 17.6 Å². The zero-order valence-corrected chi connectivity index (χ0v) is 21.0. The molecule has 0 amide bonds. The van der Waals surface area contributed by atoms with Crippen LogP contribution in [0.4, 0.5) is 5.82 Å². The lowest BCUT2D eigenvalue weighted by atomic mass is 9.85. The minimum absolute atomic E-state index is 0.145. The number of imidazole rings is 1. The summed E-state index contributed by atoms with van der Waals surface area (Å²) in [7, 11) is 0. The smallest absolute Gasteiger partial charge is 0.306 e. The van der Waals surface area contributed by atoms with Gasteiger partial charge in [-0.05, 0) is 80.5 Å². The minimum atomic E-state index is -0.694. The number of carboxylic acid groups (broad SMARTS) is 1. The molecule has 192 valence electrons. The number of aromatic nitrogens is 3. The first-order valence-electron chi connectivity index (χ1n) is 13.6. The number of hydrogen-bond acceptors (Lipinski definition) is 5. The molecule has 2 aliphatic carbocycles. The maximum atomic E-state index is 11.6. The fourth-order valence-corrected chi connectivity index (χ4v) is 6.42. The number of aliphatic carboxylic acids is 1. The molecule has 0 bridgehead atoms. The number of fused-ring (bicyclic) bond motifs is 1. The third-order valence-electron chi connectivity index (χ3n) is 8.51. The van der Waals surface area contributed by atoms with Gasteiger partial charge in [-0.1, -0.05) is 44.2 Å². The Balaban J connectivity index is 1.23. The Bertz CT molecular complexity index is 1190. The van der Waals surface area contributed by atoms with Gasteiger partial charge in [-0.25, -0.2) is 9.97 Å². The number of anilines is 1. The fraction of sp³-hybridized carbons (Fsp3) is 0.552. The Hall–Kier alpha value is -3.09. The molecule has 0 radical (unpaired) electrons. The number of pyridine rings is 1.